The van der Waals surface area contributed by atoms with Gasteiger partial charge >= 0.3 is 0 Å². The van der Waals surface area contributed by atoms with Gasteiger partial charge in [-0.15, -0.1) is 0 Å². The predicted octanol–water partition coefficient (Wildman–Crippen LogP) is 8.56. The molecule has 0 spiro atoms. The number of benzene rings is 2. The summed E-state index contributed by atoms with van der Waals surface area (Å²) in [6, 6.07) is 7.01. The van der Waals surface area contributed by atoms with Crippen molar-refractivity contribution in [3.8, 4) is 5.75 Å². The summed E-state index contributed by atoms with van der Waals surface area (Å²) in [6.07, 6.45) is 15.3. The molecule has 0 radical (unpaired) electrons. The van der Waals surface area contributed by atoms with Gasteiger partial charge < -0.3 is 4.74 Å². The molecule has 4 unspecified atom stereocenters. The van der Waals surface area contributed by atoms with Gasteiger partial charge in [0.1, 0.15) is 12.4 Å². The van der Waals surface area contributed by atoms with Gasteiger partial charge in [0.2, 0.25) is 0 Å². The van der Waals surface area contributed by atoms with Crippen molar-refractivity contribution < 1.29 is 13.5 Å². The van der Waals surface area contributed by atoms with Crippen molar-refractivity contribution >= 4 is 10.8 Å². The molecule has 4 rings (SSSR count). The Labute approximate surface area is 185 Å². The van der Waals surface area contributed by atoms with Gasteiger partial charge in [-0.05, 0) is 85.8 Å². The molecule has 0 bridgehead atoms. The zero-order valence-electron chi connectivity index (χ0n) is 19.0. The second-order valence-corrected chi connectivity index (χ2v) is 9.71. The van der Waals surface area contributed by atoms with Crippen LogP contribution in [0.15, 0.2) is 36.4 Å². The van der Waals surface area contributed by atoms with E-state index in [2.05, 4.69) is 6.92 Å². The first-order valence-electron chi connectivity index (χ1n) is 12.3. The average molecular weight is 427 g/mol. The molecular formula is C28H36F2O. The van der Waals surface area contributed by atoms with E-state index in [1.54, 1.807) is 24.3 Å². The third kappa shape index (κ3) is 4.96. The fourth-order valence-electron chi connectivity index (χ4n) is 6.00. The molecule has 0 aliphatic heterocycles. The van der Waals surface area contributed by atoms with Gasteiger partial charge in [-0.25, -0.2) is 8.78 Å². The summed E-state index contributed by atoms with van der Waals surface area (Å²) in [5.41, 5.74) is 1.04. The molecule has 2 aromatic rings. The number of ether oxygens (including phenoxy) is 1. The summed E-state index contributed by atoms with van der Waals surface area (Å²) < 4.78 is 35.4. The fraction of sp³-hybridized carbons (Fsp3) is 0.571. The Bertz CT molecular complexity index is 919. The summed E-state index contributed by atoms with van der Waals surface area (Å²) in [4.78, 5) is 0. The smallest absolute Gasteiger partial charge is 0.175 e. The molecule has 168 valence electrons. The van der Waals surface area contributed by atoms with Crippen molar-refractivity contribution in [3.05, 3.63) is 53.6 Å². The zero-order valence-corrected chi connectivity index (χ0v) is 19.0. The maximum Gasteiger partial charge on any atom is 0.175 e. The largest absolute Gasteiger partial charge is 0.486 e. The van der Waals surface area contributed by atoms with E-state index in [0.717, 1.165) is 36.2 Å². The summed E-state index contributed by atoms with van der Waals surface area (Å²) in [6.45, 7) is 4.44. The van der Waals surface area contributed by atoms with Crippen molar-refractivity contribution in [3.63, 3.8) is 0 Å². The van der Waals surface area contributed by atoms with E-state index in [4.69, 9.17) is 4.74 Å². The minimum atomic E-state index is -0.597. The first kappa shape index (κ1) is 22.3. The maximum absolute atomic E-state index is 15.0. The lowest BCUT2D eigenvalue weighted by molar-refractivity contribution is 0.113. The van der Waals surface area contributed by atoms with E-state index in [9.17, 15) is 4.39 Å². The Morgan fingerprint density at radius 2 is 1.84 bits per heavy atom. The molecule has 31 heavy (non-hydrogen) atoms. The van der Waals surface area contributed by atoms with Crippen LogP contribution in [-0.2, 0) is 0 Å². The van der Waals surface area contributed by atoms with Crippen molar-refractivity contribution in [2.24, 2.45) is 17.8 Å². The van der Waals surface area contributed by atoms with Gasteiger partial charge in [0, 0.05) is 0 Å². The van der Waals surface area contributed by atoms with Gasteiger partial charge in [-0.1, -0.05) is 56.9 Å². The van der Waals surface area contributed by atoms with Crippen LogP contribution in [0.3, 0.4) is 0 Å². The molecule has 0 saturated heterocycles. The normalized spacial score (nSPS) is 26.3. The van der Waals surface area contributed by atoms with Crippen LogP contribution in [0.5, 0.6) is 5.75 Å². The number of halogens is 2. The molecule has 3 heteroatoms. The maximum atomic E-state index is 15.0. The summed E-state index contributed by atoms with van der Waals surface area (Å²) in [5.74, 6) is 1.98. The van der Waals surface area contributed by atoms with Gasteiger partial charge in [-0.3, -0.25) is 0 Å². The lowest BCUT2D eigenvalue weighted by atomic mass is 9.63. The minimum Gasteiger partial charge on any atom is -0.486 e. The van der Waals surface area contributed by atoms with Crippen molar-refractivity contribution in [2.75, 3.05) is 6.61 Å². The van der Waals surface area contributed by atoms with Gasteiger partial charge in [0.15, 0.2) is 11.6 Å². The van der Waals surface area contributed by atoms with Crippen LogP contribution >= 0.6 is 0 Å². The van der Waals surface area contributed by atoms with Crippen LogP contribution in [0.25, 0.3) is 10.8 Å². The highest BCUT2D eigenvalue weighted by Crippen LogP contribution is 2.49. The fourth-order valence-corrected chi connectivity index (χ4v) is 6.00. The highest BCUT2D eigenvalue weighted by Gasteiger charge is 2.36. The standard InChI is InChI=1S/C28H36F2O/c1-3-5-7-19-8-9-21-16-22(11-10-20(21)15-19)24-17-23-12-13-26(31-14-6-4-2)28(30)27(23)25(29)18-24/h4,6,12-13,17-22H,3,5,7-11,14-16H2,1-2H3. The lowest BCUT2D eigenvalue weighted by Crippen LogP contribution is -2.30. The average Bonchev–Trinajstić information content (AvgIpc) is 2.78. The highest BCUT2D eigenvalue weighted by molar-refractivity contribution is 5.86. The first-order valence-corrected chi connectivity index (χ1v) is 12.3. The van der Waals surface area contributed by atoms with Crippen molar-refractivity contribution in [2.45, 2.75) is 77.6 Å². The number of unbranched alkanes of at least 4 members (excludes halogenated alkanes) is 1. The topological polar surface area (TPSA) is 9.23 Å². The van der Waals surface area contributed by atoms with Gasteiger partial charge in [-0.2, -0.15) is 0 Å². The molecule has 0 heterocycles. The Morgan fingerprint density at radius 3 is 2.65 bits per heavy atom. The first-order chi connectivity index (χ1) is 15.1. The van der Waals surface area contributed by atoms with Crippen molar-refractivity contribution in [1.29, 1.82) is 0 Å². The van der Waals surface area contributed by atoms with Crippen LogP contribution in [0, 0.1) is 29.4 Å². The van der Waals surface area contributed by atoms with Gasteiger partial charge in [0.05, 0.1) is 5.39 Å². The van der Waals surface area contributed by atoms with E-state index in [1.165, 1.54) is 44.9 Å². The molecule has 2 aromatic carbocycles. The predicted molar refractivity (Wildman–Crippen MR) is 125 cm³/mol. The molecule has 2 aliphatic carbocycles. The van der Waals surface area contributed by atoms with Crippen LogP contribution in [0.1, 0.15) is 83.1 Å². The highest BCUT2D eigenvalue weighted by atomic mass is 19.1. The van der Waals surface area contributed by atoms with Crippen LogP contribution in [0.2, 0.25) is 0 Å². The molecule has 2 saturated carbocycles. The van der Waals surface area contributed by atoms with Crippen LogP contribution < -0.4 is 4.74 Å². The third-order valence-electron chi connectivity index (χ3n) is 7.72. The molecular weight excluding hydrogens is 390 g/mol. The Kier molecular flexibility index (Phi) is 7.30. The molecule has 1 nitrogen and oxygen atoms in total. The lowest BCUT2D eigenvalue weighted by Gasteiger charge is -2.42. The summed E-state index contributed by atoms with van der Waals surface area (Å²) in [7, 11) is 0. The van der Waals surface area contributed by atoms with E-state index in [1.807, 2.05) is 19.1 Å². The molecule has 0 aromatic heterocycles. The second-order valence-electron chi connectivity index (χ2n) is 9.71. The van der Waals surface area contributed by atoms with Crippen LogP contribution in [0.4, 0.5) is 8.78 Å². The summed E-state index contributed by atoms with van der Waals surface area (Å²) in [5, 5.41) is 0.683. The Hall–Kier alpha value is -1.90. The Balaban J connectivity index is 1.49. The van der Waals surface area contributed by atoms with E-state index < -0.39 is 11.6 Å². The number of hydrogen-bond acceptors (Lipinski definition) is 1. The summed E-state index contributed by atoms with van der Waals surface area (Å²) >= 11 is 0. The molecule has 2 fully saturated rings. The number of hydrogen-bond donors (Lipinski definition) is 0. The molecule has 0 N–H and O–H groups in total. The van der Waals surface area contributed by atoms with Crippen LogP contribution in [-0.4, -0.2) is 6.61 Å². The zero-order chi connectivity index (χ0) is 21.8. The van der Waals surface area contributed by atoms with Gasteiger partial charge in [0.25, 0.3) is 0 Å². The number of rotatable bonds is 7. The van der Waals surface area contributed by atoms with Crippen molar-refractivity contribution in [1.82, 2.24) is 0 Å². The van der Waals surface area contributed by atoms with E-state index >= 15 is 4.39 Å². The minimum absolute atomic E-state index is 0.0480. The molecule has 2 aliphatic rings. The quantitative estimate of drug-likeness (QED) is 0.403. The van der Waals surface area contributed by atoms with E-state index in [-0.39, 0.29) is 17.7 Å². The number of allylic oxidation sites excluding steroid dienone is 1. The van der Waals surface area contributed by atoms with E-state index in [0.29, 0.717) is 11.3 Å². The number of fused-ring (bicyclic) bond motifs is 2. The second kappa shape index (κ2) is 10.1. The Morgan fingerprint density at radius 1 is 1.03 bits per heavy atom. The molecule has 0 amide bonds. The third-order valence-corrected chi connectivity index (χ3v) is 7.72. The SMILES string of the molecule is CC=CCOc1ccc2cc(C3CCC4CC(CCCC)CCC4C3)cc(F)c2c1F. The monoisotopic (exact) mass is 426 g/mol. The molecule has 4 atom stereocenters.